The lowest BCUT2D eigenvalue weighted by atomic mass is 10.0. The molecule has 1 fully saturated rings. The molecular weight excluding hydrogens is 249 g/mol. The van der Waals surface area contributed by atoms with Gasteiger partial charge in [-0.25, -0.2) is 4.39 Å². The Morgan fingerprint density at radius 1 is 1.37 bits per heavy atom. The van der Waals surface area contributed by atoms with Gasteiger partial charge in [-0.15, -0.1) is 0 Å². The van der Waals surface area contributed by atoms with Crippen LogP contribution in [-0.4, -0.2) is 43.0 Å². The van der Waals surface area contributed by atoms with E-state index in [1.54, 1.807) is 0 Å². The topological polar surface area (TPSA) is 49.6 Å². The summed E-state index contributed by atoms with van der Waals surface area (Å²) in [6.45, 7) is 1.55. The number of non-ortho nitro benzene ring substituents is 1. The standard InChI is InChI=1S/C13H18FN3O2/c1-15(2)10-5-7-16(8-6-10)13-4-3-11(17(18)19)9-12(13)14/h3-4,9-10H,5-8H2,1-2H3. The van der Waals surface area contributed by atoms with Crippen molar-refractivity contribution in [1.29, 1.82) is 0 Å². The van der Waals surface area contributed by atoms with Crippen molar-refractivity contribution in [2.24, 2.45) is 0 Å². The Balaban J connectivity index is 2.09. The van der Waals surface area contributed by atoms with E-state index in [1.165, 1.54) is 12.1 Å². The van der Waals surface area contributed by atoms with Crippen molar-refractivity contribution in [2.45, 2.75) is 18.9 Å². The van der Waals surface area contributed by atoms with Crippen LogP contribution in [0.25, 0.3) is 0 Å². The van der Waals surface area contributed by atoms with Gasteiger partial charge in [0.15, 0.2) is 5.82 Å². The van der Waals surface area contributed by atoms with Gasteiger partial charge in [0.2, 0.25) is 0 Å². The number of hydrogen-bond acceptors (Lipinski definition) is 4. The quantitative estimate of drug-likeness (QED) is 0.622. The van der Waals surface area contributed by atoms with Crippen LogP contribution in [0.3, 0.4) is 0 Å². The zero-order valence-electron chi connectivity index (χ0n) is 11.2. The van der Waals surface area contributed by atoms with Crippen molar-refractivity contribution in [3.63, 3.8) is 0 Å². The predicted molar refractivity (Wildman–Crippen MR) is 72.0 cm³/mol. The molecule has 0 amide bonds. The zero-order valence-corrected chi connectivity index (χ0v) is 11.2. The third-order valence-electron chi connectivity index (χ3n) is 3.68. The molecule has 1 aromatic rings. The number of halogens is 1. The van der Waals surface area contributed by atoms with Crippen LogP contribution >= 0.6 is 0 Å². The average molecular weight is 267 g/mol. The maximum absolute atomic E-state index is 13.9. The first kappa shape index (κ1) is 13.7. The van der Waals surface area contributed by atoms with Gasteiger partial charge >= 0.3 is 0 Å². The summed E-state index contributed by atoms with van der Waals surface area (Å²) in [7, 11) is 4.10. The molecule has 0 unspecified atom stereocenters. The molecular formula is C13H18FN3O2. The fraction of sp³-hybridized carbons (Fsp3) is 0.538. The average Bonchev–Trinajstić information content (AvgIpc) is 2.38. The van der Waals surface area contributed by atoms with Crippen molar-refractivity contribution in [3.05, 3.63) is 34.1 Å². The van der Waals surface area contributed by atoms with E-state index in [1.807, 2.05) is 19.0 Å². The fourth-order valence-electron chi connectivity index (χ4n) is 2.49. The molecule has 0 spiro atoms. The maximum Gasteiger partial charge on any atom is 0.272 e. The lowest BCUT2D eigenvalue weighted by molar-refractivity contribution is -0.385. The monoisotopic (exact) mass is 267 g/mol. The second-order valence-electron chi connectivity index (χ2n) is 5.07. The van der Waals surface area contributed by atoms with Crippen LogP contribution in [0.1, 0.15) is 12.8 Å². The molecule has 0 saturated carbocycles. The summed E-state index contributed by atoms with van der Waals surface area (Å²) in [4.78, 5) is 14.1. The van der Waals surface area contributed by atoms with Crippen molar-refractivity contribution < 1.29 is 9.31 Å². The predicted octanol–water partition coefficient (Wildman–Crippen LogP) is 2.26. The first-order chi connectivity index (χ1) is 8.99. The third kappa shape index (κ3) is 3.01. The highest BCUT2D eigenvalue weighted by Crippen LogP contribution is 2.27. The number of nitro groups is 1. The van der Waals surface area contributed by atoms with Gasteiger partial charge in [-0.1, -0.05) is 0 Å². The molecule has 19 heavy (non-hydrogen) atoms. The van der Waals surface area contributed by atoms with E-state index in [0.29, 0.717) is 11.7 Å². The smallest absolute Gasteiger partial charge is 0.272 e. The molecule has 0 aliphatic carbocycles. The number of hydrogen-bond donors (Lipinski definition) is 0. The Bertz CT molecular complexity index is 471. The molecule has 0 N–H and O–H groups in total. The van der Waals surface area contributed by atoms with E-state index >= 15 is 0 Å². The molecule has 0 aromatic heterocycles. The molecule has 1 heterocycles. The molecule has 2 rings (SSSR count). The van der Waals surface area contributed by atoms with E-state index in [9.17, 15) is 14.5 Å². The normalized spacial score (nSPS) is 16.9. The molecule has 5 nitrogen and oxygen atoms in total. The summed E-state index contributed by atoms with van der Waals surface area (Å²) in [5, 5.41) is 10.6. The lowest BCUT2D eigenvalue weighted by Gasteiger charge is -2.36. The maximum atomic E-state index is 13.9. The minimum absolute atomic E-state index is 0.204. The highest BCUT2D eigenvalue weighted by Gasteiger charge is 2.23. The Labute approximate surface area is 111 Å². The Morgan fingerprint density at radius 3 is 2.47 bits per heavy atom. The molecule has 1 aromatic carbocycles. The van der Waals surface area contributed by atoms with Crippen LogP contribution in [0.15, 0.2) is 18.2 Å². The van der Waals surface area contributed by atoms with E-state index < -0.39 is 10.7 Å². The molecule has 1 aliphatic rings. The molecule has 0 radical (unpaired) electrons. The number of anilines is 1. The van der Waals surface area contributed by atoms with Crippen molar-refractivity contribution in [1.82, 2.24) is 4.90 Å². The highest BCUT2D eigenvalue weighted by atomic mass is 19.1. The summed E-state index contributed by atoms with van der Waals surface area (Å²) < 4.78 is 13.9. The second-order valence-corrected chi connectivity index (χ2v) is 5.07. The van der Waals surface area contributed by atoms with E-state index in [-0.39, 0.29) is 5.69 Å². The van der Waals surface area contributed by atoms with Crippen molar-refractivity contribution in [3.8, 4) is 0 Å². The molecule has 1 aliphatic heterocycles. The summed E-state index contributed by atoms with van der Waals surface area (Å²) >= 11 is 0. The number of rotatable bonds is 3. The van der Waals surface area contributed by atoms with Gasteiger partial charge in [-0.05, 0) is 33.0 Å². The SMILES string of the molecule is CN(C)C1CCN(c2ccc([N+](=O)[O-])cc2F)CC1. The van der Waals surface area contributed by atoms with Gasteiger partial charge < -0.3 is 9.80 Å². The first-order valence-electron chi connectivity index (χ1n) is 6.34. The highest BCUT2D eigenvalue weighted by molar-refractivity contribution is 5.52. The number of nitrogens with zero attached hydrogens (tertiary/aromatic N) is 3. The Morgan fingerprint density at radius 2 is 2.00 bits per heavy atom. The molecule has 104 valence electrons. The van der Waals surface area contributed by atoms with E-state index in [4.69, 9.17) is 0 Å². The number of piperidine rings is 1. The zero-order chi connectivity index (χ0) is 14.0. The Hall–Kier alpha value is -1.69. The van der Waals surface area contributed by atoms with Crippen LogP contribution in [0.4, 0.5) is 15.8 Å². The molecule has 0 atom stereocenters. The van der Waals surface area contributed by atoms with Crippen LogP contribution in [0.2, 0.25) is 0 Å². The fourth-order valence-corrected chi connectivity index (χ4v) is 2.49. The van der Waals surface area contributed by atoms with Crippen LogP contribution < -0.4 is 4.90 Å². The summed E-state index contributed by atoms with van der Waals surface area (Å²) in [5.74, 6) is -0.516. The van der Waals surface area contributed by atoms with Gasteiger partial charge in [0.1, 0.15) is 0 Å². The van der Waals surface area contributed by atoms with E-state index in [2.05, 4.69) is 4.90 Å². The van der Waals surface area contributed by atoms with Crippen LogP contribution in [0, 0.1) is 15.9 Å². The molecule has 1 saturated heterocycles. The molecule has 6 heteroatoms. The van der Waals surface area contributed by atoms with Gasteiger partial charge in [-0.2, -0.15) is 0 Å². The third-order valence-corrected chi connectivity index (χ3v) is 3.68. The van der Waals surface area contributed by atoms with Crippen LogP contribution in [0.5, 0.6) is 0 Å². The first-order valence-corrected chi connectivity index (χ1v) is 6.34. The molecule has 0 bridgehead atoms. The second kappa shape index (κ2) is 5.52. The van der Waals surface area contributed by atoms with Gasteiger partial charge in [0.25, 0.3) is 5.69 Å². The minimum Gasteiger partial charge on any atom is -0.369 e. The lowest BCUT2D eigenvalue weighted by Crippen LogP contribution is -2.42. The summed E-state index contributed by atoms with van der Waals surface area (Å²) in [5.41, 5.74) is 0.257. The summed E-state index contributed by atoms with van der Waals surface area (Å²) in [6.07, 6.45) is 1.95. The van der Waals surface area contributed by atoms with Crippen molar-refractivity contribution >= 4 is 11.4 Å². The largest absolute Gasteiger partial charge is 0.369 e. The number of nitro benzene ring substituents is 1. The van der Waals surface area contributed by atoms with Crippen LogP contribution in [-0.2, 0) is 0 Å². The van der Waals surface area contributed by atoms with Crippen molar-refractivity contribution in [2.75, 3.05) is 32.1 Å². The Kier molecular flexibility index (Phi) is 3.99. The van der Waals surface area contributed by atoms with E-state index in [0.717, 1.165) is 32.0 Å². The van der Waals surface area contributed by atoms with Gasteiger partial charge in [0, 0.05) is 25.2 Å². The van der Waals surface area contributed by atoms with Gasteiger partial charge in [-0.3, -0.25) is 10.1 Å². The summed E-state index contributed by atoms with van der Waals surface area (Å²) in [6, 6.07) is 4.38. The number of benzene rings is 1. The van der Waals surface area contributed by atoms with Gasteiger partial charge in [0.05, 0.1) is 16.7 Å². The minimum atomic E-state index is -0.578.